The Hall–Kier alpha value is -2.94. The molecule has 0 unspecified atom stereocenters. The van der Waals surface area contributed by atoms with Crippen LogP contribution in [0.25, 0.3) is 11.0 Å². The first-order valence-electron chi connectivity index (χ1n) is 8.54. The van der Waals surface area contributed by atoms with Crippen molar-refractivity contribution in [3.8, 4) is 6.07 Å². The van der Waals surface area contributed by atoms with Gasteiger partial charge in [0, 0.05) is 29.9 Å². The van der Waals surface area contributed by atoms with Crippen LogP contribution in [-0.4, -0.2) is 15.0 Å². The van der Waals surface area contributed by atoms with Crippen LogP contribution in [0.15, 0.2) is 30.3 Å². The second-order valence-electron chi connectivity index (χ2n) is 7.69. The lowest BCUT2D eigenvalue weighted by molar-refractivity contribution is 0.327. The second kappa shape index (κ2) is 6.75. The highest BCUT2D eigenvalue weighted by molar-refractivity contribution is 5.83. The number of nitriles is 1. The van der Waals surface area contributed by atoms with Crippen LogP contribution < -0.4 is 5.32 Å². The van der Waals surface area contributed by atoms with E-state index in [9.17, 15) is 4.39 Å². The minimum Gasteiger partial charge on any atom is -0.381 e. The molecule has 1 aromatic heterocycles. The van der Waals surface area contributed by atoms with Crippen molar-refractivity contribution in [3.05, 3.63) is 52.8 Å². The minimum absolute atomic E-state index is 0.110. The zero-order valence-electron chi connectivity index (χ0n) is 15.5. The molecule has 3 rings (SSSR count). The van der Waals surface area contributed by atoms with E-state index in [1.54, 1.807) is 12.1 Å². The molecule has 6 heteroatoms. The van der Waals surface area contributed by atoms with E-state index in [4.69, 9.17) is 5.26 Å². The molecule has 0 saturated carbocycles. The van der Waals surface area contributed by atoms with E-state index in [2.05, 4.69) is 36.4 Å². The van der Waals surface area contributed by atoms with E-state index in [0.29, 0.717) is 17.7 Å². The van der Waals surface area contributed by atoms with Gasteiger partial charge >= 0.3 is 0 Å². The van der Waals surface area contributed by atoms with Crippen molar-refractivity contribution < 1.29 is 4.39 Å². The molecule has 0 aliphatic carbocycles. The monoisotopic (exact) mass is 351 g/mol. The average Bonchev–Trinajstić information content (AvgIpc) is 2.97. The predicted octanol–water partition coefficient (Wildman–Crippen LogP) is 4.41. The normalized spacial score (nSPS) is 11.5. The number of anilines is 1. The van der Waals surface area contributed by atoms with E-state index in [0.717, 1.165) is 28.8 Å². The number of nitrogens with zero attached hydrogens (tertiary/aromatic N) is 4. The Morgan fingerprint density at radius 1 is 1.23 bits per heavy atom. The highest BCUT2D eigenvalue weighted by Gasteiger charge is 2.16. The fourth-order valence-electron chi connectivity index (χ4n) is 2.88. The largest absolute Gasteiger partial charge is 0.381 e. The van der Waals surface area contributed by atoms with E-state index in [1.807, 2.05) is 29.8 Å². The maximum atomic E-state index is 14.0. The molecule has 0 amide bonds. The van der Waals surface area contributed by atoms with Gasteiger partial charge < -0.3 is 5.32 Å². The number of benzene rings is 2. The molecule has 0 aliphatic rings. The Morgan fingerprint density at radius 2 is 2.00 bits per heavy atom. The molecule has 5 nitrogen and oxygen atoms in total. The molecule has 0 radical (unpaired) electrons. The van der Waals surface area contributed by atoms with Crippen LogP contribution in [-0.2, 0) is 13.1 Å². The van der Waals surface area contributed by atoms with E-state index in [-0.39, 0.29) is 11.2 Å². The third kappa shape index (κ3) is 3.67. The van der Waals surface area contributed by atoms with Crippen LogP contribution in [0.4, 0.5) is 10.1 Å². The Bertz CT molecular complexity index is 992. The third-order valence-electron chi connectivity index (χ3n) is 4.22. The van der Waals surface area contributed by atoms with Crippen molar-refractivity contribution in [2.24, 2.45) is 5.41 Å². The number of hydrogen-bond donors (Lipinski definition) is 1. The first-order valence-corrected chi connectivity index (χ1v) is 8.54. The molecular formula is C20H22FN5. The number of halogens is 1. The summed E-state index contributed by atoms with van der Waals surface area (Å²) in [6.45, 7) is 9.59. The van der Waals surface area contributed by atoms with Gasteiger partial charge in [-0.3, -0.25) is 0 Å². The zero-order chi connectivity index (χ0) is 18.9. The maximum Gasteiger partial charge on any atom is 0.129 e. The fourth-order valence-corrected chi connectivity index (χ4v) is 2.88. The van der Waals surface area contributed by atoms with Crippen LogP contribution in [0.2, 0.25) is 0 Å². The topological polar surface area (TPSA) is 66.5 Å². The van der Waals surface area contributed by atoms with Crippen LogP contribution in [0.1, 0.15) is 37.5 Å². The van der Waals surface area contributed by atoms with Gasteiger partial charge in [0.25, 0.3) is 0 Å². The van der Waals surface area contributed by atoms with Gasteiger partial charge in [-0.05, 0) is 36.6 Å². The van der Waals surface area contributed by atoms with Gasteiger partial charge in [0.1, 0.15) is 11.3 Å². The molecule has 0 atom stereocenters. The Kier molecular flexibility index (Phi) is 4.64. The lowest BCUT2D eigenvalue weighted by Crippen LogP contribution is -2.16. The van der Waals surface area contributed by atoms with Gasteiger partial charge in [-0.2, -0.15) is 5.26 Å². The summed E-state index contributed by atoms with van der Waals surface area (Å²) >= 11 is 0. The zero-order valence-corrected chi connectivity index (χ0v) is 15.5. The lowest BCUT2D eigenvalue weighted by Gasteiger charge is -2.18. The van der Waals surface area contributed by atoms with Crippen molar-refractivity contribution >= 4 is 16.7 Å². The Morgan fingerprint density at radius 3 is 2.65 bits per heavy atom. The van der Waals surface area contributed by atoms with Crippen LogP contribution in [0, 0.1) is 29.5 Å². The highest BCUT2D eigenvalue weighted by Crippen LogP contribution is 2.26. The number of aryl methyl sites for hydroxylation is 1. The van der Waals surface area contributed by atoms with Crippen molar-refractivity contribution in [2.75, 3.05) is 5.32 Å². The molecule has 0 bridgehead atoms. The van der Waals surface area contributed by atoms with Gasteiger partial charge in [0.05, 0.1) is 17.1 Å². The van der Waals surface area contributed by atoms with Gasteiger partial charge in [0.15, 0.2) is 0 Å². The van der Waals surface area contributed by atoms with Crippen molar-refractivity contribution in [3.63, 3.8) is 0 Å². The summed E-state index contributed by atoms with van der Waals surface area (Å²) in [5.41, 5.74) is 4.66. The van der Waals surface area contributed by atoms with E-state index in [1.165, 1.54) is 6.07 Å². The molecular weight excluding hydrogens is 329 g/mol. The molecule has 0 saturated heterocycles. The molecule has 0 aliphatic heterocycles. The summed E-state index contributed by atoms with van der Waals surface area (Å²) in [5, 5.41) is 20.7. The first kappa shape index (κ1) is 17.9. The van der Waals surface area contributed by atoms with Gasteiger partial charge in [-0.1, -0.05) is 32.1 Å². The van der Waals surface area contributed by atoms with Gasteiger partial charge in [-0.15, -0.1) is 5.10 Å². The second-order valence-corrected chi connectivity index (χ2v) is 7.69. The molecule has 1 N–H and O–H groups in total. The molecule has 3 aromatic rings. The predicted molar refractivity (Wildman–Crippen MR) is 100 cm³/mol. The standard InChI is InChI=1S/C20H22FN5/c1-13-17(23-11-15-6-5-14(10-22)9-16(15)21)7-8-18-19(13)24-25-26(18)12-20(2,3)4/h5-9,23H,11-12H2,1-4H3. The third-order valence-corrected chi connectivity index (χ3v) is 4.22. The van der Waals surface area contributed by atoms with Crippen LogP contribution in [0.5, 0.6) is 0 Å². The fraction of sp³-hybridized carbons (Fsp3) is 0.350. The number of aromatic nitrogens is 3. The summed E-state index contributed by atoms with van der Waals surface area (Å²) in [6, 6.07) is 10.4. The van der Waals surface area contributed by atoms with Gasteiger partial charge in [-0.25, -0.2) is 9.07 Å². The van der Waals surface area contributed by atoms with Gasteiger partial charge in [0.2, 0.25) is 0 Å². The summed E-state index contributed by atoms with van der Waals surface area (Å²) in [4.78, 5) is 0. The molecule has 1 heterocycles. The molecule has 134 valence electrons. The Balaban J connectivity index is 1.83. The summed E-state index contributed by atoms with van der Waals surface area (Å²) < 4.78 is 16.0. The molecule has 26 heavy (non-hydrogen) atoms. The molecule has 0 fully saturated rings. The van der Waals surface area contributed by atoms with Crippen molar-refractivity contribution in [1.82, 2.24) is 15.0 Å². The smallest absolute Gasteiger partial charge is 0.129 e. The van der Waals surface area contributed by atoms with Crippen LogP contribution >= 0.6 is 0 Å². The number of fused-ring (bicyclic) bond motifs is 1. The minimum atomic E-state index is -0.383. The maximum absolute atomic E-state index is 14.0. The van der Waals surface area contributed by atoms with Crippen molar-refractivity contribution in [2.45, 2.75) is 40.8 Å². The summed E-state index contributed by atoms with van der Waals surface area (Å²) in [6.07, 6.45) is 0. The number of hydrogen-bond acceptors (Lipinski definition) is 4. The van der Waals surface area contributed by atoms with Crippen molar-refractivity contribution in [1.29, 1.82) is 5.26 Å². The highest BCUT2D eigenvalue weighted by atomic mass is 19.1. The summed E-state index contributed by atoms with van der Waals surface area (Å²) in [7, 11) is 0. The summed E-state index contributed by atoms with van der Waals surface area (Å²) in [5.74, 6) is -0.383. The number of rotatable bonds is 4. The Labute approximate surface area is 152 Å². The number of nitrogens with one attached hydrogen (secondary N) is 1. The first-order chi connectivity index (χ1) is 12.3. The van der Waals surface area contributed by atoms with Crippen LogP contribution in [0.3, 0.4) is 0 Å². The lowest BCUT2D eigenvalue weighted by atomic mass is 9.97. The average molecular weight is 351 g/mol. The SMILES string of the molecule is Cc1c(NCc2ccc(C#N)cc2F)ccc2c1nnn2CC(C)(C)C. The quantitative estimate of drug-likeness (QED) is 0.756. The molecule has 2 aromatic carbocycles. The van der Waals surface area contributed by atoms with E-state index >= 15 is 0 Å². The molecule has 0 spiro atoms. The van der Waals surface area contributed by atoms with E-state index < -0.39 is 0 Å².